The van der Waals surface area contributed by atoms with Crippen molar-refractivity contribution in [1.82, 2.24) is 4.98 Å². The first-order chi connectivity index (χ1) is 12.3. The Bertz CT molecular complexity index is 571. The van der Waals surface area contributed by atoms with E-state index in [9.17, 15) is 0 Å². The third kappa shape index (κ3) is 10.7. The fourth-order valence-electron chi connectivity index (χ4n) is 3.38. The molecule has 0 saturated carbocycles. The summed E-state index contributed by atoms with van der Waals surface area (Å²) in [6, 6.07) is 8.53. The second-order valence-electron chi connectivity index (χ2n) is 7.27. The van der Waals surface area contributed by atoms with Gasteiger partial charge in [0.15, 0.2) is 12.4 Å². The zero-order valence-electron chi connectivity index (χ0n) is 16.4. The van der Waals surface area contributed by atoms with Crippen molar-refractivity contribution >= 4 is 0 Å². The van der Waals surface area contributed by atoms with Gasteiger partial charge in [0.05, 0.1) is 0 Å². The summed E-state index contributed by atoms with van der Waals surface area (Å²) >= 11 is 0. The van der Waals surface area contributed by atoms with Crippen LogP contribution < -0.4 is 21.5 Å². The summed E-state index contributed by atoms with van der Waals surface area (Å²) in [5.41, 5.74) is 2.73. The number of unbranched alkanes of at least 4 members (excludes halogenated alkanes) is 9. The molecule has 0 amide bonds. The lowest BCUT2D eigenvalue weighted by atomic mass is 10.0. The highest BCUT2D eigenvalue weighted by Crippen LogP contribution is 2.12. The fraction of sp³-hybridized carbons (Fsp3) is 0.565. The number of hydrogen-bond acceptors (Lipinski definition) is 1. The van der Waals surface area contributed by atoms with Crippen LogP contribution >= 0.6 is 0 Å². The van der Waals surface area contributed by atoms with Gasteiger partial charge in [-0.1, -0.05) is 51.0 Å². The average molecular weight is 419 g/mol. The SMILES string of the molecule is Cc1ccc[n+](CCCCCCCCCCCCc2cccnc2)c1.[Br-]. The summed E-state index contributed by atoms with van der Waals surface area (Å²) in [6.07, 6.45) is 23.3. The molecule has 2 nitrogen and oxygen atoms in total. The van der Waals surface area contributed by atoms with E-state index in [1.807, 2.05) is 18.5 Å². The van der Waals surface area contributed by atoms with Crippen molar-refractivity contribution in [3.05, 3.63) is 60.2 Å². The molecule has 26 heavy (non-hydrogen) atoms. The summed E-state index contributed by atoms with van der Waals surface area (Å²) in [7, 11) is 0. The van der Waals surface area contributed by atoms with Crippen LogP contribution in [0.3, 0.4) is 0 Å². The van der Waals surface area contributed by atoms with Crippen molar-refractivity contribution in [1.29, 1.82) is 0 Å². The molecule has 3 heteroatoms. The number of halogens is 1. The van der Waals surface area contributed by atoms with Gasteiger partial charge in [0.1, 0.15) is 6.54 Å². The average Bonchev–Trinajstić information content (AvgIpc) is 2.63. The van der Waals surface area contributed by atoms with Crippen LogP contribution in [0.2, 0.25) is 0 Å². The largest absolute Gasteiger partial charge is 1.00 e. The van der Waals surface area contributed by atoms with E-state index in [0.29, 0.717) is 0 Å². The quantitative estimate of drug-likeness (QED) is 0.361. The summed E-state index contributed by atoms with van der Waals surface area (Å²) < 4.78 is 2.32. The first-order valence-electron chi connectivity index (χ1n) is 10.2. The second-order valence-corrected chi connectivity index (χ2v) is 7.27. The Labute approximate surface area is 170 Å². The van der Waals surface area contributed by atoms with E-state index in [-0.39, 0.29) is 17.0 Å². The molecule has 2 aromatic rings. The maximum atomic E-state index is 4.17. The zero-order chi connectivity index (χ0) is 17.6. The smallest absolute Gasteiger partial charge is 0.171 e. The van der Waals surface area contributed by atoms with Gasteiger partial charge in [-0.25, -0.2) is 4.57 Å². The summed E-state index contributed by atoms with van der Waals surface area (Å²) in [5.74, 6) is 0. The van der Waals surface area contributed by atoms with Gasteiger partial charge in [0.2, 0.25) is 0 Å². The van der Waals surface area contributed by atoms with E-state index in [2.05, 4.69) is 47.1 Å². The standard InChI is InChI=1S/C23H35N2.BrH/c1-22-14-13-19-25(21-22)18-11-9-7-5-3-2-4-6-8-10-15-23-16-12-17-24-20-23;/h12-14,16-17,19-21H,2-11,15,18H2,1H3;1H/q+1;/p-1. The van der Waals surface area contributed by atoms with Crippen LogP contribution in [0.4, 0.5) is 0 Å². The first kappa shape index (κ1) is 22.8. The Balaban J connectivity index is 0.00000338. The molecule has 0 aliphatic rings. The molecule has 0 fully saturated rings. The Morgan fingerprint density at radius 2 is 1.46 bits per heavy atom. The van der Waals surface area contributed by atoms with Gasteiger partial charge in [0.25, 0.3) is 0 Å². The number of aryl methyl sites for hydroxylation is 3. The van der Waals surface area contributed by atoms with Crippen LogP contribution in [0, 0.1) is 6.92 Å². The number of pyridine rings is 2. The van der Waals surface area contributed by atoms with Gasteiger partial charge >= 0.3 is 0 Å². The van der Waals surface area contributed by atoms with Gasteiger partial charge in [-0.15, -0.1) is 0 Å². The van der Waals surface area contributed by atoms with Crippen LogP contribution in [0.5, 0.6) is 0 Å². The van der Waals surface area contributed by atoms with Crippen molar-refractivity contribution in [2.24, 2.45) is 0 Å². The Kier molecular flexibility index (Phi) is 13.1. The topological polar surface area (TPSA) is 16.8 Å². The molecule has 2 heterocycles. The minimum absolute atomic E-state index is 0. The predicted octanol–water partition coefficient (Wildman–Crippen LogP) is 2.83. The molecule has 0 atom stereocenters. The molecular weight excluding hydrogens is 384 g/mol. The lowest BCUT2D eigenvalue weighted by Gasteiger charge is -2.03. The molecule has 0 spiro atoms. The molecule has 0 aromatic carbocycles. The lowest BCUT2D eigenvalue weighted by Crippen LogP contribution is -3.00. The first-order valence-corrected chi connectivity index (χ1v) is 10.2. The van der Waals surface area contributed by atoms with Crippen LogP contribution in [0.1, 0.15) is 75.3 Å². The van der Waals surface area contributed by atoms with Gasteiger partial charge in [0, 0.05) is 30.4 Å². The third-order valence-electron chi connectivity index (χ3n) is 4.86. The monoisotopic (exact) mass is 418 g/mol. The minimum atomic E-state index is 0. The number of nitrogens with zero attached hydrogens (tertiary/aromatic N) is 2. The number of rotatable bonds is 13. The normalized spacial score (nSPS) is 10.5. The van der Waals surface area contributed by atoms with E-state index < -0.39 is 0 Å². The summed E-state index contributed by atoms with van der Waals surface area (Å²) in [5, 5.41) is 0. The van der Waals surface area contributed by atoms with Crippen molar-refractivity contribution < 1.29 is 21.5 Å². The highest BCUT2D eigenvalue weighted by molar-refractivity contribution is 5.08. The van der Waals surface area contributed by atoms with Crippen molar-refractivity contribution in [3.63, 3.8) is 0 Å². The lowest BCUT2D eigenvalue weighted by molar-refractivity contribution is -0.697. The van der Waals surface area contributed by atoms with Crippen molar-refractivity contribution in [3.8, 4) is 0 Å². The molecule has 0 N–H and O–H groups in total. The van der Waals surface area contributed by atoms with Crippen LogP contribution in [0.25, 0.3) is 0 Å². The molecule has 0 radical (unpaired) electrons. The number of aromatic nitrogens is 2. The molecule has 0 unspecified atom stereocenters. The molecule has 2 rings (SSSR count). The molecular formula is C23H35BrN2. The van der Waals surface area contributed by atoms with Gasteiger partial charge < -0.3 is 17.0 Å². The van der Waals surface area contributed by atoms with Crippen molar-refractivity contribution in [2.75, 3.05) is 0 Å². The number of hydrogen-bond donors (Lipinski definition) is 0. The van der Waals surface area contributed by atoms with Crippen LogP contribution in [-0.2, 0) is 13.0 Å². The van der Waals surface area contributed by atoms with E-state index in [1.54, 1.807) is 0 Å². The fourth-order valence-corrected chi connectivity index (χ4v) is 3.38. The highest BCUT2D eigenvalue weighted by atomic mass is 79.9. The molecule has 0 aliphatic heterocycles. The van der Waals surface area contributed by atoms with Crippen LogP contribution in [0.15, 0.2) is 49.1 Å². The van der Waals surface area contributed by atoms with Gasteiger partial charge in [-0.2, -0.15) is 0 Å². The van der Waals surface area contributed by atoms with Crippen molar-refractivity contribution in [2.45, 2.75) is 84.1 Å². The molecule has 0 aliphatic carbocycles. The van der Waals surface area contributed by atoms with E-state index in [4.69, 9.17) is 0 Å². The third-order valence-corrected chi connectivity index (χ3v) is 4.86. The molecule has 2 aromatic heterocycles. The maximum Gasteiger partial charge on any atom is 0.171 e. The van der Waals surface area contributed by atoms with Gasteiger partial charge in [-0.3, -0.25) is 4.98 Å². The molecule has 144 valence electrons. The Morgan fingerprint density at radius 3 is 2.08 bits per heavy atom. The highest BCUT2D eigenvalue weighted by Gasteiger charge is 2.00. The maximum absolute atomic E-state index is 4.17. The minimum Gasteiger partial charge on any atom is -1.00 e. The summed E-state index contributed by atoms with van der Waals surface area (Å²) in [4.78, 5) is 4.17. The van der Waals surface area contributed by atoms with E-state index in [0.717, 1.165) is 0 Å². The van der Waals surface area contributed by atoms with E-state index >= 15 is 0 Å². The molecule has 0 saturated heterocycles. The second kappa shape index (κ2) is 14.9. The van der Waals surface area contributed by atoms with Crippen LogP contribution in [-0.4, -0.2) is 4.98 Å². The van der Waals surface area contributed by atoms with E-state index in [1.165, 1.54) is 88.3 Å². The Morgan fingerprint density at radius 1 is 0.808 bits per heavy atom. The van der Waals surface area contributed by atoms with Gasteiger partial charge in [-0.05, 0) is 43.9 Å². The predicted molar refractivity (Wildman–Crippen MR) is 105 cm³/mol. The molecule has 0 bridgehead atoms. The summed E-state index contributed by atoms with van der Waals surface area (Å²) in [6.45, 7) is 3.33. The zero-order valence-corrected chi connectivity index (χ0v) is 18.0. The Hall–Kier alpha value is -1.22.